The molecule has 0 unspecified atom stereocenters. The third-order valence-corrected chi connectivity index (χ3v) is 1.23. The molecule has 0 aromatic rings. The molecule has 6 nitrogen and oxygen atoms in total. The molecule has 6 heteroatoms. The number of carbonyl (C=O) groups excluding carboxylic acids is 2. The van der Waals surface area contributed by atoms with Crippen LogP contribution in [-0.4, -0.2) is 35.5 Å². The fraction of sp³-hybridized carbons (Fsp3) is 0.571. The van der Waals surface area contributed by atoms with Gasteiger partial charge in [-0.2, -0.15) is 0 Å². The summed E-state index contributed by atoms with van der Waals surface area (Å²) < 4.78 is 4.35. The zero-order valence-electron chi connectivity index (χ0n) is 7.15. The largest absolute Gasteiger partial charge is 0.480 e. The highest BCUT2D eigenvalue weighted by Gasteiger charge is 2.22. The number of nitrogens with two attached hydrogens (primary N) is 1. The Bertz CT molecular complexity index is 225. The zero-order chi connectivity index (χ0) is 10.4. The molecule has 0 aliphatic heterocycles. The molecule has 0 bridgehead atoms. The molecule has 0 aliphatic carbocycles. The van der Waals surface area contributed by atoms with Crippen molar-refractivity contribution in [3.8, 4) is 0 Å². The number of esters is 1. The van der Waals surface area contributed by atoms with Crippen molar-refractivity contribution in [2.45, 2.75) is 19.4 Å². The van der Waals surface area contributed by atoms with Crippen molar-refractivity contribution in [2.24, 2.45) is 5.73 Å². The first kappa shape index (κ1) is 11.6. The second kappa shape index (κ2) is 5.26. The lowest BCUT2D eigenvalue weighted by atomic mass is 10.1. The zero-order valence-corrected chi connectivity index (χ0v) is 7.15. The van der Waals surface area contributed by atoms with Crippen molar-refractivity contribution in [3.05, 3.63) is 0 Å². The van der Waals surface area contributed by atoms with Crippen LogP contribution in [-0.2, 0) is 19.1 Å². The number of hydrogen-bond acceptors (Lipinski definition) is 5. The highest BCUT2D eigenvalue weighted by atomic mass is 16.5. The van der Waals surface area contributed by atoms with E-state index in [0.717, 1.165) is 0 Å². The van der Waals surface area contributed by atoms with Gasteiger partial charge in [-0.25, -0.2) is 4.79 Å². The van der Waals surface area contributed by atoms with Crippen molar-refractivity contribution in [1.29, 1.82) is 0 Å². The molecular weight excluding hydrogens is 178 g/mol. The van der Waals surface area contributed by atoms with Crippen LogP contribution in [0.2, 0.25) is 0 Å². The summed E-state index contributed by atoms with van der Waals surface area (Å²) in [5, 5.41) is 8.31. The summed E-state index contributed by atoms with van der Waals surface area (Å²) in [5.74, 6) is -3.28. The second-order valence-electron chi connectivity index (χ2n) is 2.29. The van der Waals surface area contributed by atoms with E-state index in [1.54, 1.807) is 6.92 Å². The molecule has 0 aliphatic rings. The molecule has 0 fully saturated rings. The Morgan fingerprint density at radius 3 is 2.38 bits per heavy atom. The summed E-state index contributed by atoms with van der Waals surface area (Å²) >= 11 is 0. The number of Topliss-reactive ketones (excluding diaryl/α,β-unsaturated/α-hetero) is 1. The fourth-order valence-electron chi connectivity index (χ4n) is 0.582. The lowest BCUT2D eigenvalue weighted by molar-refractivity contribution is -0.154. The predicted octanol–water partition coefficient (Wildman–Crippen LogP) is -1.08. The SMILES string of the molecule is CCOC(=O)C(=O)C[C@H](N)C(=O)O. The van der Waals surface area contributed by atoms with E-state index in [0.29, 0.717) is 0 Å². The fourth-order valence-corrected chi connectivity index (χ4v) is 0.582. The van der Waals surface area contributed by atoms with Crippen molar-refractivity contribution >= 4 is 17.7 Å². The summed E-state index contributed by atoms with van der Waals surface area (Å²) in [7, 11) is 0. The molecule has 0 amide bonds. The Morgan fingerprint density at radius 2 is 2.00 bits per heavy atom. The van der Waals surface area contributed by atoms with Gasteiger partial charge in [-0.3, -0.25) is 9.59 Å². The summed E-state index contributed by atoms with van der Waals surface area (Å²) in [6.07, 6.45) is -0.534. The monoisotopic (exact) mass is 189 g/mol. The number of hydrogen-bond donors (Lipinski definition) is 2. The van der Waals surface area contributed by atoms with Gasteiger partial charge in [-0.15, -0.1) is 0 Å². The summed E-state index contributed by atoms with van der Waals surface area (Å²) in [6.45, 7) is 1.62. The maximum absolute atomic E-state index is 10.8. The van der Waals surface area contributed by atoms with Crippen LogP contribution < -0.4 is 5.73 Å². The molecule has 0 spiro atoms. The van der Waals surface area contributed by atoms with Gasteiger partial charge in [0.05, 0.1) is 6.61 Å². The van der Waals surface area contributed by atoms with E-state index >= 15 is 0 Å². The average Bonchev–Trinajstić information content (AvgIpc) is 2.04. The lowest BCUT2D eigenvalue weighted by Gasteiger charge is -2.04. The molecule has 3 N–H and O–H groups in total. The van der Waals surface area contributed by atoms with Crippen molar-refractivity contribution in [3.63, 3.8) is 0 Å². The van der Waals surface area contributed by atoms with Crippen LogP contribution in [0, 0.1) is 0 Å². The highest BCUT2D eigenvalue weighted by molar-refractivity contribution is 6.34. The Labute approximate surface area is 74.7 Å². The standard InChI is InChI=1S/C7H11NO5/c1-2-13-7(12)5(9)3-4(8)6(10)11/h4H,2-3,8H2,1H3,(H,10,11)/t4-/m0/s1. The van der Waals surface area contributed by atoms with Gasteiger partial charge in [0.1, 0.15) is 6.04 Å². The van der Waals surface area contributed by atoms with Crippen LogP contribution in [0.3, 0.4) is 0 Å². The summed E-state index contributed by atoms with van der Waals surface area (Å²) in [6, 6.07) is -1.35. The molecule has 0 saturated heterocycles. The molecule has 0 rings (SSSR count). The molecule has 0 heterocycles. The first-order valence-corrected chi connectivity index (χ1v) is 3.67. The van der Waals surface area contributed by atoms with Gasteiger partial charge < -0.3 is 15.6 Å². The van der Waals surface area contributed by atoms with E-state index in [1.165, 1.54) is 0 Å². The molecule has 0 radical (unpaired) electrons. The minimum absolute atomic E-state index is 0.0763. The van der Waals surface area contributed by atoms with Crippen LogP contribution in [0.15, 0.2) is 0 Å². The molecular formula is C7H11NO5. The van der Waals surface area contributed by atoms with Gasteiger partial charge in [0, 0.05) is 6.42 Å². The van der Waals surface area contributed by atoms with Crippen molar-refractivity contribution < 1.29 is 24.2 Å². The van der Waals surface area contributed by atoms with Gasteiger partial charge >= 0.3 is 11.9 Å². The van der Waals surface area contributed by atoms with Crippen LogP contribution in [0.5, 0.6) is 0 Å². The molecule has 74 valence electrons. The molecule has 0 aromatic carbocycles. The van der Waals surface area contributed by atoms with E-state index in [-0.39, 0.29) is 6.61 Å². The highest BCUT2D eigenvalue weighted by Crippen LogP contribution is 1.93. The second-order valence-corrected chi connectivity index (χ2v) is 2.29. The smallest absolute Gasteiger partial charge is 0.374 e. The quantitative estimate of drug-likeness (QED) is 0.421. The van der Waals surface area contributed by atoms with Crippen molar-refractivity contribution in [1.82, 2.24) is 0 Å². The Morgan fingerprint density at radius 1 is 1.46 bits per heavy atom. The first-order valence-electron chi connectivity index (χ1n) is 3.67. The predicted molar refractivity (Wildman–Crippen MR) is 41.9 cm³/mol. The Kier molecular flexibility index (Phi) is 4.68. The maximum atomic E-state index is 10.8. The third-order valence-electron chi connectivity index (χ3n) is 1.23. The normalized spacial score (nSPS) is 11.8. The minimum atomic E-state index is -1.35. The van der Waals surface area contributed by atoms with Gasteiger partial charge in [0.25, 0.3) is 0 Å². The number of carboxylic acids is 1. The molecule has 13 heavy (non-hydrogen) atoms. The number of carboxylic acid groups (broad SMARTS) is 1. The van der Waals surface area contributed by atoms with Crippen LogP contribution in [0.1, 0.15) is 13.3 Å². The molecule has 0 saturated carbocycles. The summed E-state index contributed by atoms with van der Waals surface area (Å²) in [4.78, 5) is 31.7. The van der Waals surface area contributed by atoms with Gasteiger partial charge in [0.15, 0.2) is 0 Å². The third kappa shape index (κ3) is 4.22. The van der Waals surface area contributed by atoms with Crippen molar-refractivity contribution in [2.75, 3.05) is 6.61 Å². The number of carbonyl (C=O) groups is 3. The average molecular weight is 189 g/mol. The summed E-state index contributed by atoms with van der Waals surface area (Å²) in [5.41, 5.74) is 5.02. The number of rotatable bonds is 5. The van der Waals surface area contributed by atoms with Gasteiger partial charge in [-0.05, 0) is 6.92 Å². The Balaban J connectivity index is 4.00. The number of ether oxygens (including phenoxy) is 1. The van der Waals surface area contributed by atoms with E-state index in [2.05, 4.69) is 4.74 Å². The lowest BCUT2D eigenvalue weighted by Crippen LogP contribution is -2.35. The minimum Gasteiger partial charge on any atom is -0.480 e. The van der Waals surface area contributed by atoms with Gasteiger partial charge in [-0.1, -0.05) is 0 Å². The van der Waals surface area contributed by atoms with E-state index in [1.807, 2.05) is 0 Å². The van der Waals surface area contributed by atoms with Crippen LogP contribution in [0.4, 0.5) is 0 Å². The van der Waals surface area contributed by atoms with Crippen LogP contribution >= 0.6 is 0 Å². The van der Waals surface area contributed by atoms with E-state index in [4.69, 9.17) is 10.8 Å². The number of ketones is 1. The van der Waals surface area contributed by atoms with E-state index in [9.17, 15) is 14.4 Å². The topological polar surface area (TPSA) is 107 Å². The maximum Gasteiger partial charge on any atom is 0.374 e. The first-order chi connectivity index (χ1) is 5.99. The Hall–Kier alpha value is -1.43. The molecule has 1 atom stereocenters. The molecule has 0 aromatic heterocycles. The van der Waals surface area contributed by atoms with Crippen LogP contribution in [0.25, 0.3) is 0 Å². The van der Waals surface area contributed by atoms with E-state index < -0.39 is 30.2 Å². The van der Waals surface area contributed by atoms with Gasteiger partial charge in [0.2, 0.25) is 5.78 Å². The number of aliphatic carboxylic acids is 1.